The average Bonchev–Trinajstić information content (AvgIpc) is 2.09. The van der Waals surface area contributed by atoms with Gasteiger partial charge >= 0.3 is 0 Å². The normalized spacial score (nSPS) is 8.25. The topological polar surface area (TPSA) is 89.4 Å². The molecule has 0 amide bonds. The first-order valence-corrected chi connectivity index (χ1v) is 3.24. The second-order valence-corrected chi connectivity index (χ2v) is 2.17. The number of nitrogens with two attached hydrogens (primary N) is 1. The van der Waals surface area contributed by atoms with E-state index in [0.29, 0.717) is 5.02 Å². The van der Waals surface area contributed by atoms with Crippen LogP contribution < -0.4 is 5.90 Å². The molecule has 3 N–H and O–H groups in total. The quantitative estimate of drug-likeness (QED) is 0.520. The van der Waals surface area contributed by atoms with Crippen molar-refractivity contribution in [3.05, 3.63) is 39.4 Å². The van der Waals surface area contributed by atoms with Gasteiger partial charge in [-0.1, -0.05) is 11.6 Å². The summed E-state index contributed by atoms with van der Waals surface area (Å²) in [6, 6.07) is 5.70. The van der Waals surface area contributed by atoms with Crippen LogP contribution >= 0.6 is 11.6 Å². The van der Waals surface area contributed by atoms with Crippen molar-refractivity contribution >= 4 is 17.3 Å². The molecule has 0 saturated heterocycles. The van der Waals surface area contributed by atoms with E-state index in [9.17, 15) is 10.1 Å². The molecule has 1 aromatic carbocycles. The van der Waals surface area contributed by atoms with Crippen LogP contribution in [0.1, 0.15) is 0 Å². The molecule has 6 heteroatoms. The van der Waals surface area contributed by atoms with Gasteiger partial charge in [0.25, 0.3) is 5.69 Å². The van der Waals surface area contributed by atoms with Crippen molar-refractivity contribution < 1.29 is 10.1 Å². The number of non-ortho nitro benzene ring substituents is 1. The Kier molecular flexibility index (Phi) is 4.94. The average molecular weight is 191 g/mol. The maximum absolute atomic E-state index is 10.1. The van der Waals surface area contributed by atoms with E-state index in [2.05, 4.69) is 5.90 Å². The van der Waals surface area contributed by atoms with Crippen LogP contribution in [0.4, 0.5) is 5.69 Å². The van der Waals surface area contributed by atoms with Crippen LogP contribution in [-0.4, -0.2) is 10.1 Å². The van der Waals surface area contributed by atoms with Gasteiger partial charge in [0, 0.05) is 17.2 Å². The van der Waals surface area contributed by atoms with E-state index < -0.39 is 4.92 Å². The van der Waals surface area contributed by atoms with E-state index in [1.165, 1.54) is 24.3 Å². The Morgan fingerprint density at radius 1 is 1.33 bits per heavy atom. The zero-order chi connectivity index (χ0) is 9.56. The molecule has 12 heavy (non-hydrogen) atoms. The van der Waals surface area contributed by atoms with Gasteiger partial charge in [-0.2, -0.15) is 0 Å². The van der Waals surface area contributed by atoms with Crippen LogP contribution in [0.15, 0.2) is 24.3 Å². The highest BCUT2D eigenvalue weighted by atomic mass is 35.5. The van der Waals surface area contributed by atoms with Gasteiger partial charge in [-0.15, -0.1) is 0 Å². The van der Waals surface area contributed by atoms with Crippen LogP contribution in [-0.2, 0) is 0 Å². The van der Waals surface area contributed by atoms with Gasteiger partial charge in [0.05, 0.1) is 4.92 Å². The van der Waals surface area contributed by atoms with Gasteiger partial charge in [0.15, 0.2) is 0 Å². The molecule has 0 aromatic heterocycles. The lowest BCUT2D eigenvalue weighted by atomic mass is 10.3. The predicted octanol–water partition coefficient (Wildman–Crippen LogP) is 1.58. The SMILES string of the molecule is NO.O=[N+]([O-])c1ccc(Cl)cc1. The highest BCUT2D eigenvalue weighted by Crippen LogP contribution is 2.14. The minimum atomic E-state index is -0.462. The molecule has 66 valence electrons. The Morgan fingerprint density at radius 2 is 1.75 bits per heavy atom. The van der Waals surface area contributed by atoms with E-state index in [4.69, 9.17) is 16.8 Å². The van der Waals surface area contributed by atoms with Crippen LogP contribution in [0.3, 0.4) is 0 Å². The van der Waals surface area contributed by atoms with Crippen molar-refractivity contribution in [2.45, 2.75) is 0 Å². The van der Waals surface area contributed by atoms with Crippen molar-refractivity contribution in [1.29, 1.82) is 0 Å². The number of halogens is 1. The molecule has 0 saturated carbocycles. The first-order chi connectivity index (χ1) is 5.70. The van der Waals surface area contributed by atoms with Crippen molar-refractivity contribution in [1.82, 2.24) is 0 Å². The lowest BCUT2D eigenvalue weighted by Crippen LogP contribution is -1.85. The third-order valence-electron chi connectivity index (χ3n) is 1.04. The van der Waals surface area contributed by atoms with Crippen LogP contribution in [0.5, 0.6) is 0 Å². The summed E-state index contributed by atoms with van der Waals surface area (Å²) >= 11 is 5.49. The molecule has 0 fully saturated rings. The molecule has 5 nitrogen and oxygen atoms in total. The Labute approximate surface area is 73.5 Å². The molecule has 0 radical (unpaired) electrons. The number of rotatable bonds is 1. The fourth-order valence-corrected chi connectivity index (χ4v) is 0.689. The number of nitro groups is 1. The lowest BCUT2D eigenvalue weighted by Gasteiger charge is -1.88. The summed E-state index contributed by atoms with van der Waals surface area (Å²) in [4.78, 5) is 9.61. The van der Waals surface area contributed by atoms with Gasteiger partial charge in [-0.05, 0) is 12.1 Å². The number of hydrogen-bond donors (Lipinski definition) is 2. The Hall–Kier alpha value is -1.17. The summed E-state index contributed by atoms with van der Waals surface area (Å²) in [7, 11) is 0. The minimum Gasteiger partial charge on any atom is -0.320 e. The van der Waals surface area contributed by atoms with E-state index in [0.717, 1.165) is 0 Å². The predicted molar refractivity (Wildman–Crippen MR) is 44.1 cm³/mol. The summed E-state index contributed by atoms with van der Waals surface area (Å²) in [5.41, 5.74) is 0.0596. The summed E-state index contributed by atoms with van der Waals surface area (Å²) in [5.74, 6) is 3.50. The van der Waals surface area contributed by atoms with E-state index >= 15 is 0 Å². The monoisotopic (exact) mass is 190 g/mol. The summed E-state index contributed by atoms with van der Waals surface area (Å²) in [5, 5.41) is 17.1. The zero-order valence-corrected chi connectivity index (χ0v) is 6.73. The third-order valence-corrected chi connectivity index (χ3v) is 1.29. The van der Waals surface area contributed by atoms with Crippen molar-refractivity contribution in [3.63, 3.8) is 0 Å². The Balaban J connectivity index is 0.000000561. The van der Waals surface area contributed by atoms with Gasteiger partial charge in [0.1, 0.15) is 0 Å². The highest BCUT2D eigenvalue weighted by Gasteiger charge is 2.01. The second-order valence-electron chi connectivity index (χ2n) is 1.73. The summed E-state index contributed by atoms with van der Waals surface area (Å²) < 4.78 is 0. The fourth-order valence-electron chi connectivity index (χ4n) is 0.563. The van der Waals surface area contributed by atoms with Crippen molar-refractivity contribution in [2.24, 2.45) is 5.90 Å². The zero-order valence-electron chi connectivity index (χ0n) is 5.98. The van der Waals surface area contributed by atoms with Gasteiger partial charge in [0.2, 0.25) is 0 Å². The Bertz CT molecular complexity index is 249. The molecule has 0 atom stereocenters. The van der Waals surface area contributed by atoms with E-state index in [-0.39, 0.29) is 5.69 Å². The molecular formula is C6H7ClN2O3. The molecule has 0 aliphatic heterocycles. The number of nitrogens with zero attached hydrogens (tertiary/aromatic N) is 1. The standard InChI is InChI=1S/C6H4ClNO2.H3NO/c7-5-1-3-6(4-2-5)8(9)10;1-2/h1-4H;2H,1H2. The maximum Gasteiger partial charge on any atom is 0.269 e. The smallest absolute Gasteiger partial charge is 0.269 e. The van der Waals surface area contributed by atoms with Gasteiger partial charge < -0.3 is 5.21 Å². The largest absolute Gasteiger partial charge is 0.320 e. The molecule has 0 aliphatic carbocycles. The molecule has 0 aliphatic rings. The van der Waals surface area contributed by atoms with Gasteiger partial charge in [-0.25, -0.2) is 5.90 Å². The lowest BCUT2D eigenvalue weighted by molar-refractivity contribution is -0.384. The number of hydrogen-bond acceptors (Lipinski definition) is 4. The van der Waals surface area contributed by atoms with Crippen LogP contribution in [0.25, 0.3) is 0 Å². The third kappa shape index (κ3) is 3.29. The van der Waals surface area contributed by atoms with E-state index in [1.807, 2.05) is 0 Å². The first kappa shape index (κ1) is 10.8. The first-order valence-electron chi connectivity index (χ1n) is 2.86. The molecule has 1 aromatic rings. The molecule has 1 rings (SSSR count). The highest BCUT2D eigenvalue weighted by molar-refractivity contribution is 6.30. The van der Waals surface area contributed by atoms with Crippen LogP contribution in [0.2, 0.25) is 5.02 Å². The van der Waals surface area contributed by atoms with E-state index in [1.54, 1.807) is 0 Å². The molecule has 0 heterocycles. The van der Waals surface area contributed by atoms with Crippen molar-refractivity contribution in [2.75, 3.05) is 0 Å². The summed E-state index contributed by atoms with van der Waals surface area (Å²) in [6.07, 6.45) is 0. The Morgan fingerprint density at radius 3 is 2.08 bits per heavy atom. The molecule has 0 unspecified atom stereocenters. The number of benzene rings is 1. The fraction of sp³-hybridized carbons (Fsp3) is 0. The molecule has 0 spiro atoms. The summed E-state index contributed by atoms with van der Waals surface area (Å²) in [6.45, 7) is 0. The number of nitro benzene ring substituents is 1. The molecular weight excluding hydrogens is 184 g/mol. The minimum absolute atomic E-state index is 0.0596. The molecule has 0 bridgehead atoms. The second kappa shape index (κ2) is 5.48. The maximum atomic E-state index is 10.1. The van der Waals surface area contributed by atoms with Crippen LogP contribution in [0, 0.1) is 10.1 Å². The van der Waals surface area contributed by atoms with Crippen molar-refractivity contribution in [3.8, 4) is 0 Å². The van der Waals surface area contributed by atoms with Gasteiger partial charge in [-0.3, -0.25) is 10.1 Å².